The predicted octanol–water partition coefficient (Wildman–Crippen LogP) is 6.40. The molecule has 0 aromatic heterocycles. The number of fused-ring (bicyclic) bond motifs is 2. The summed E-state index contributed by atoms with van der Waals surface area (Å²) in [6, 6.07) is 0. The van der Waals surface area contributed by atoms with Gasteiger partial charge in [0.2, 0.25) is 0 Å². The Hall–Kier alpha value is -0.750. The lowest BCUT2D eigenvalue weighted by Gasteiger charge is -2.25. The second-order valence-electron chi connectivity index (χ2n) is 7.11. The summed E-state index contributed by atoms with van der Waals surface area (Å²) in [5, 5.41) is 11.2. The van der Waals surface area contributed by atoms with Crippen molar-refractivity contribution in [1.82, 2.24) is 0 Å². The van der Waals surface area contributed by atoms with Gasteiger partial charge in [-0.2, -0.15) is 0 Å². The number of halogens is 3. The van der Waals surface area contributed by atoms with Gasteiger partial charge in [-0.25, -0.2) is 4.39 Å². The molecule has 1 fully saturated rings. The van der Waals surface area contributed by atoms with Crippen LogP contribution in [0.2, 0.25) is 0 Å². The molecule has 140 valence electrons. The SMILES string of the molecule is CC1(C)CC(O)C2=C(Br)C(OC3C=C(Cl)C/C=C(F)\C=C/3)=CC=C(C2)S1. The summed E-state index contributed by atoms with van der Waals surface area (Å²) in [5.41, 5.74) is 0.911. The number of hydrogen-bond donors (Lipinski definition) is 1. The fraction of sp³-hybridized carbons (Fsp3) is 0.400. The van der Waals surface area contributed by atoms with Crippen LogP contribution in [0.25, 0.3) is 0 Å². The highest BCUT2D eigenvalue weighted by Crippen LogP contribution is 2.47. The van der Waals surface area contributed by atoms with Gasteiger partial charge in [-0.1, -0.05) is 25.4 Å². The van der Waals surface area contributed by atoms with Crippen LogP contribution in [0.4, 0.5) is 4.39 Å². The van der Waals surface area contributed by atoms with Crippen molar-refractivity contribution in [2.45, 2.75) is 50.1 Å². The highest BCUT2D eigenvalue weighted by Gasteiger charge is 2.33. The van der Waals surface area contributed by atoms with Crippen LogP contribution in [0.3, 0.4) is 0 Å². The Balaban J connectivity index is 1.92. The lowest BCUT2D eigenvalue weighted by atomic mass is 9.97. The van der Waals surface area contributed by atoms with Gasteiger partial charge in [-0.3, -0.25) is 0 Å². The maximum absolute atomic E-state index is 13.6. The van der Waals surface area contributed by atoms with Crippen LogP contribution in [-0.2, 0) is 4.74 Å². The average molecular weight is 460 g/mol. The van der Waals surface area contributed by atoms with Crippen LogP contribution >= 0.6 is 39.3 Å². The number of hydrogen-bond acceptors (Lipinski definition) is 3. The van der Waals surface area contributed by atoms with Crippen molar-refractivity contribution in [2.24, 2.45) is 0 Å². The van der Waals surface area contributed by atoms with E-state index in [9.17, 15) is 9.50 Å². The third kappa shape index (κ3) is 4.94. The monoisotopic (exact) mass is 458 g/mol. The lowest BCUT2D eigenvalue weighted by molar-refractivity contribution is 0.182. The van der Waals surface area contributed by atoms with Gasteiger partial charge < -0.3 is 9.84 Å². The van der Waals surface area contributed by atoms with E-state index in [0.29, 0.717) is 30.1 Å². The van der Waals surface area contributed by atoms with Crippen LogP contribution < -0.4 is 0 Å². The summed E-state index contributed by atoms with van der Waals surface area (Å²) < 4.78 is 20.4. The minimum absolute atomic E-state index is 0.0329. The molecule has 1 N–H and O–H groups in total. The molecule has 2 nitrogen and oxygen atoms in total. The molecule has 3 aliphatic rings. The Morgan fingerprint density at radius 2 is 2.15 bits per heavy atom. The molecule has 1 saturated heterocycles. The number of aliphatic hydroxyl groups is 1. The smallest absolute Gasteiger partial charge is 0.137 e. The zero-order valence-electron chi connectivity index (χ0n) is 14.6. The molecule has 0 spiro atoms. The number of aliphatic hydroxyl groups excluding tert-OH is 1. The number of allylic oxidation sites excluding steroid dienone is 8. The summed E-state index contributed by atoms with van der Waals surface area (Å²) in [4.78, 5) is 1.19. The first kappa shape index (κ1) is 20.0. The maximum atomic E-state index is 13.6. The standard InChI is InChI=1S/C20H21BrClFO2S/c1-20(2)11-17(24)16-10-15(26-20)7-8-18(19(16)21)25-14-6-5-13(23)4-3-12(22)9-14/h4-9,14,17,24H,3,10-11H2,1-2H3/b6-5-,12-9?,13-4+. The third-order valence-corrected chi connectivity index (χ3v) is 6.77. The quantitative estimate of drug-likeness (QED) is 0.518. The van der Waals surface area contributed by atoms with E-state index >= 15 is 0 Å². The van der Waals surface area contributed by atoms with Gasteiger partial charge in [0.25, 0.3) is 0 Å². The minimum Gasteiger partial charge on any atom is -0.481 e. The second-order valence-corrected chi connectivity index (χ2v) is 10.2. The van der Waals surface area contributed by atoms with Gasteiger partial charge in [0.05, 0.1) is 10.6 Å². The molecule has 1 aliphatic heterocycles. The number of rotatable bonds is 2. The normalized spacial score (nSPS) is 31.9. The van der Waals surface area contributed by atoms with E-state index in [1.54, 1.807) is 23.9 Å². The van der Waals surface area contributed by atoms with E-state index in [4.69, 9.17) is 16.3 Å². The third-order valence-electron chi connectivity index (χ3n) is 4.32. The molecule has 0 aromatic rings. The van der Waals surface area contributed by atoms with Crippen LogP contribution in [0.5, 0.6) is 0 Å². The summed E-state index contributed by atoms with van der Waals surface area (Å²) in [5.74, 6) is 0.273. The molecule has 0 saturated carbocycles. The molecule has 2 atom stereocenters. The Morgan fingerprint density at radius 1 is 1.38 bits per heavy atom. The van der Waals surface area contributed by atoms with E-state index < -0.39 is 12.2 Å². The molecule has 2 bridgehead atoms. The Morgan fingerprint density at radius 3 is 2.92 bits per heavy atom. The van der Waals surface area contributed by atoms with E-state index in [1.807, 2.05) is 12.2 Å². The molecular weight excluding hydrogens is 439 g/mol. The molecule has 2 aliphatic carbocycles. The fourth-order valence-corrected chi connectivity index (χ4v) is 5.25. The molecule has 2 unspecified atom stereocenters. The van der Waals surface area contributed by atoms with Gasteiger partial charge in [0.1, 0.15) is 17.7 Å². The Labute approximate surface area is 171 Å². The largest absolute Gasteiger partial charge is 0.481 e. The molecule has 1 heterocycles. The number of thioether (sulfide) groups is 1. The zero-order chi connectivity index (χ0) is 18.9. The summed E-state index contributed by atoms with van der Waals surface area (Å²) in [6.07, 6.45) is 10.8. The van der Waals surface area contributed by atoms with Crippen molar-refractivity contribution in [3.8, 4) is 0 Å². The van der Waals surface area contributed by atoms with Crippen molar-refractivity contribution in [3.05, 3.63) is 68.0 Å². The maximum Gasteiger partial charge on any atom is 0.137 e. The first-order valence-corrected chi connectivity index (χ1v) is 10.5. The summed E-state index contributed by atoms with van der Waals surface area (Å²) >= 11 is 11.5. The van der Waals surface area contributed by atoms with Crippen LogP contribution in [0, 0.1) is 0 Å². The van der Waals surface area contributed by atoms with Crippen LogP contribution in [0.1, 0.15) is 33.1 Å². The first-order valence-electron chi connectivity index (χ1n) is 8.47. The van der Waals surface area contributed by atoms with E-state index in [2.05, 4.69) is 29.8 Å². The lowest BCUT2D eigenvalue weighted by Crippen LogP contribution is -2.23. The molecular formula is C20H21BrClFO2S. The fourth-order valence-electron chi connectivity index (χ4n) is 3.11. The van der Waals surface area contributed by atoms with Crippen molar-refractivity contribution < 1.29 is 14.2 Å². The van der Waals surface area contributed by atoms with Crippen molar-refractivity contribution in [2.75, 3.05) is 0 Å². The molecule has 26 heavy (non-hydrogen) atoms. The summed E-state index contributed by atoms with van der Waals surface area (Å²) in [7, 11) is 0. The van der Waals surface area contributed by atoms with Gasteiger partial charge in [0, 0.05) is 22.6 Å². The minimum atomic E-state index is -0.546. The first-order chi connectivity index (χ1) is 12.2. The van der Waals surface area contributed by atoms with E-state index in [1.165, 1.54) is 17.1 Å². The highest BCUT2D eigenvalue weighted by molar-refractivity contribution is 9.12. The zero-order valence-corrected chi connectivity index (χ0v) is 17.8. The van der Waals surface area contributed by atoms with Crippen LogP contribution in [-0.4, -0.2) is 22.1 Å². The van der Waals surface area contributed by atoms with Gasteiger partial charge in [0.15, 0.2) is 0 Å². The van der Waals surface area contributed by atoms with Gasteiger partial charge in [-0.05, 0) is 69.3 Å². The summed E-state index contributed by atoms with van der Waals surface area (Å²) in [6.45, 7) is 4.28. The van der Waals surface area contributed by atoms with E-state index in [0.717, 1.165) is 10.1 Å². The Kier molecular flexibility index (Phi) is 6.22. The molecule has 6 heteroatoms. The highest BCUT2D eigenvalue weighted by atomic mass is 79.9. The molecule has 0 amide bonds. The van der Waals surface area contributed by atoms with Gasteiger partial charge in [-0.15, -0.1) is 11.8 Å². The second kappa shape index (κ2) is 8.09. The van der Waals surface area contributed by atoms with Crippen molar-refractivity contribution >= 4 is 39.3 Å². The molecule has 0 aromatic carbocycles. The molecule has 3 rings (SSSR count). The topological polar surface area (TPSA) is 29.5 Å². The van der Waals surface area contributed by atoms with Crippen molar-refractivity contribution in [3.63, 3.8) is 0 Å². The Bertz CT molecular complexity index is 777. The van der Waals surface area contributed by atoms with Gasteiger partial charge >= 0.3 is 0 Å². The average Bonchev–Trinajstić information content (AvgIpc) is 2.76. The van der Waals surface area contributed by atoms with Crippen LogP contribution in [0.15, 0.2) is 68.0 Å². The number of ether oxygens (including phenoxy) is 1. The predicted molar refractivity (Wildman–Crippen MR) is 111 cm³/mol. The van der Waals surface area contributed by atoms with Crippen molar-refractivity contribution in [1.29, 1.82) is 0 Å². The molecule has 0 radical (unpaired) electrons. The van der Waals surface area contributed by atoms with E-state index in [-0.39, 0.29) is 10.6 Å².